The summed E-state index contributed by atoms with van der Waals surface area (Å²) in [5, 5.41) is 0.720. The van der Waals surface area contributed by atoms with Crippen LogP contribution in [0.15, 0.2) is 28.7 Å². The molecule has 0 saturated heterocycles. The molecule has 1 aromatic heterocycles. The summed E-state index contributed by atoms with van der Waals surface area (Å²) in [7, 11) is 0. The molecule has 0 atom stereocenters. The van der Waals surface area contributed by atoms with Gasteiger partial charge in [-0.05, 0) is 50.7 Å². The highest BCUT2D eigenvalue weighted by Gasteiger charge is 2.13. The van der Waals surface area contributed by atoms with Crippen molar-refractivity contribution in [3.63, 3.8) is 0 Å². The van der Waals surface area contributed by atoms with Crippen molar-refractivity contribution in [2.45, 2.75) is 33.7 Å². The van der Waals surface area contributed by atoms with Crippen LogP contribution in [-0.2, 0) is 6.54 Å². The van der Waals surface area contributed by atoms with Crippen LogP contribution >= 0.6 is 11.6 Å². The number of hydrogen-bond donors (Lipinski definition) is 0. The van der Waals surface area contributed by atoms with Crippen molar-refractivity contribution >= 4 is 11.6 Å². The average Bonchev–Trinajstić information content (AvgIpc) is 2.80. The Morgan fingerprint density at radius 1 is 1.20 bits per heavy atom. The van der Waals surface area contributed by atoms with Crippen LogP contribution in [0.25, 0.3) is 11.5 Å². The first-order valence-electron chi connectivity index (χ1n) is 7.08. The SMILES string of the molecule is CCCN(CC)Cc1nc(-c2ccc(Cl)cc2)oc1C. The Morgan fingerprint density at radius 2 is 1.90 bits per heavy atom. The summed E-state index contributed by atoms with van der Waals surface area (Å²) in [6.07, 6.45) is 1.15. The topological polar surface area (TPSA) is 29.3 Å². The van der Waals surface area contributed by atoms with Crippen LogP contribution in [0.5, 0.6) is 0 Å². The van der Waals surface area contributed by atoms with E-state index >= 15 is 0 Å². The largest absolute Gasteiger partial charge is 0.441 e. The van der Waals surface area contributed by atoms with E-state index < -0.39 is 0 Å². The second kappa shape index (κ2) is 6.91. The second-order valence-corrected chi connectivity index (χ2v) is 5.33. The highest BCUT2D eigenvalue weighted by molar-refractivity contribution is 6.30. The summed E-state index contributed by atoms with van der Waals surface area (Å²) in [6, 6.07) is 7.57. The number of halogens is 1. The lowest BCUT2D eigenvalue weighted by Gasteiger charge is -2.17. The third kappa shape index (κ3) is 3.62. The predicted octanol–water partition coefficient (Wildman–Crippen LogP) is 4.54. The standard InChI is InChI=1S/C16H21ClN2O/c1-4-10-19(5-2)11-15-12(3)20-16(18-15)13-6-8-14(17)9-7-13/h6-9H,4-5,10-11H2,1-3H3. The van der Waals surface area contributed by atoms with Crippen LogP contribution in [0.3, 0.4) is 0 Å². The predicted molar refractivity (Wildman–Crippen MR) is 82.9 cm³/mol. The van der Waals surface area contributed by atoms with Crippen molar-refractivity contribution in [2.24, 2.45) is 0 Å². The fraction of sp³-hybridized carbons (Fsp3) is 0.438. The first-order valence-corrected chi connectivity index (χ1v) is 7.46. The molecule has 0 aliphatic heterocycles. The Labute approximate surface area is 125 Å². The van der Waals surface area contributed by atoms with Crippen molar-refractivity contribution in [2.75, 3.05) is 13.1 Å². The van der Waals surface area contributed by atoms with Crippen molar-refractivity contribution in [1.29, 1.82) is 0 Å². The van der Waals surface area contributed by atoms with Gasteiger partial charge in [0.25, 0.3) is 0 Å². The first-order chi connectivity index (χ1) is 9.63. The van der Waals surface area contributed by atoms with Crippen molar-refractivity contribution < 1.29 is 4.42 Å². The minimum absolute atomic E-state index is 0.668. The van der Waals surface area contributed by atoms with E-state index in [1.165, 1.54) is 0 Å². The number of rotatable bonds is 6. The highest BCUT2D eigenvalue weighted by atomic mass is 35.5. The van der Waals surface area contributed by atoms with E-state index in [0.29, 0.717) is 5.89 Å². The van der Waals surface area contributed by atoms with Gasteiger partial charge in [-0.1, -0.05) is 25.4 Å². The number of aromatic nitrogens is 1. The zero-order valence-corrected chi connectivity index (χ0v) is 13.1. The van der Waals surface area contributed by atoms with Crippen LogP contribution in [0.4, 0.5) is 0 Å². The quantitative estimate of drug-likeness (QED) is 0.783. The lowest BCUT2D eigenvalue weighted by Crippen LogP contribution is -2.24. The maximum Gasteiger partial charge on any atom is 0.226 e. The van der Waals surface area contributed by atoms with Crippen molar-refractivity contribution in [1.82, 2.24) is 9.88 Å². The minimum atomic E-state index is 0.668. The molecule has 1 heterocycles. The Balaban J connectivity index is 2.18. The molecule has 2 aromatic rings. The highest BCUT2D eigenvalue weighted by Crippen LogP contribution is 2.24. The van der Waals surface area contributed by atoms with E-state index in [2.05, 4.69) is 23.7 Å². The van der Waals surface area contributed by atoms with Crippen LogP contribution in [0.1, 0.15) is 31.7 Å². The first kappa shape index (κ1) is 15.1. The van der Waals surface area contributed by atoms with Gasteiger partial charge < -0.3 is 4.42 Å². The molecular weight excluding hydrogens is 272 g/mol. The lowest BCUT2D eigenvalue weighted by molar-refractivity contribution is 0.276. The lowest BCUT2D eigenvalue weighted by atomic mass is 10.2. The fourth-order valence-electron chi connectivity index (χ4n) is 2.17. The van der Waals surface area contributed by atoms with Gasteiger partial charge in [0.05, 0.1) is 5.69 Å². The molecule has 0 radical (unpaired) electrons. The average molecular weight is 293 g/mol. The molecule has 0 aliphatic carbocycles. The molecule has 1 aromatic carbocycles. The molecular formula is C16H21ClN2O. The summed E-state index contributed by atoms with van der Waals surface area (Å²) in [6.45, 7) is 9.28. The molecule has 0 fully saturated rings. The van der Waals surface area contributed by atoms with Gasteiger partial charge in [0.1, 0.15) is 5.76 Å². The fourth-order valence-corrected chi connectivity index (χ4v) is 2.29. The van der Waals surface area contributed by atoms with Crippen molar-refractivity contribution in [3.05, 3.63) is 40.7 Å². The Kier molecular flexibility index (Phi) is 5.21. The van der Waals surface area contributed by atoms with Gasteiger partial charge in [0.15, 0.2) is 0 Å². The zero-order chi connectivity index (χ0) is 14.5. The summed E-state index contributed by atoms with van der Waals surface area (Å²) in [5.41, 5.74) is 1.98. The number of oxazole rings is 1. The van der Waals surface area contributed by atoms with Gasteiger partial charge in [-0.3, -0.25) is 4.90 Å². The number of aryl methyl sites for hydroxylation is 1. The van der Waals surface area contributed by atoms with Gasteiger partial charge in [-0.2, -0.15) is 0 Å². The van der Waals surface area contributed by atoms with Gasteiger partial charge >= 0.3 is 0 Å². The van der Waals surface area contributed by atoms with Gasteiger partial charge in [-0.15, -0.1) is 0 Å². The summed E-state index contributed by atoms with van der Waals surface area (Å²) in [5.74, 6) is 1.56. The van der Waals surface area contributed by atoms with Gasteiger partial charge in [0, 0.05) is 17.1 Å². The molecule has 0 N–H and O–H groups in total. The third-order valence-corrected chi connectivity index (χ3v) is 3.60. The summed E-state index contributed by atoms with van der Waals surface area (Å²) < 4.78 is 5.78. The zero-order valence-electron chi connectivity index (χ0n) is 12.3. The maximum atomic E-state index is 5.90. The molecule has 4 heteroatoms. The molecule has 0 spiro atoms. The van der Waals surface area contributed by atoms with E-state index in [0.717, 1.165) is 48.1 Å². The normalized spacial score (nSPS) is 11.2. The molecule has 3 nitrogen and oxygen atoms in total. The van der Waals surface area contributed by atoms with E-state index in [9.17, 15) is 0 Å². The Bertz CT molecular complexity index is 548. The molecule has 108 valence electrons. The number of hydrogen-bond acceptors (Lipinski definition) is 3. The minimum Gasteiger partial charge on any atom is -0.441 e. The van der Waals surface area contributed by atoms with Gasteiger partial charge in [-0.25, -0.2) is 4.98 Å². The Hall–Kier alpha value is -1.32. The van der Waals surface area contributed by atoms with E-state index in [1.54, 1.807) is 0 Å². The van der Waals surface area contributed by atoms with Crippen LogP contribution in [-0.4, -0.2) is 23.0 Å². The molecule has 0 amide bonds. The summed E-state index contributed by atoms with van der Waals surface area (Å²) in [4.78, 5) is 7.00. The Morgan fingerprint density at radius 3 is 2.50 bits per heavy atom. The second-order valence-electron chi connectivity index (χ2n) is 4.90. The third-order valence-electron chi connectivity index (χ3n) is 3.34. The van der Waals surface area contributed by atoms with E-state index in [4.69, 9.17) is 16.0 Å². The monoisotopic (exact) mass is 292 g/mol. The van der Waals surface area contributed by atoms with Crippen molar-refractivity contribution in [3.8, 4) is 11.5 Å². The van der Waals surface area contributed by atoms with E-state index in [-0.39, 0.29) is 0 Å². The molecule has 0 aliphatic rings. The molecule has 20 heavy (non-hydrogen) atoms. The number of nitrogens with zero attached hydrogens (tertiary/aromatic N) is 2. The smallest absolute Gasteiger partial charge is 0.226 e. The molecule has 0 saturated carbocycles. The molecule has 2 rings (SSSR count). The molecule has 0 bridgehead atoms. The summed E-state index contributed by atoms with van der Waals surface area (Å²) >= 11 is 5.90. The van der Waals surface area contributed by atoms with E-state index in [1.807, 2.05) is 31.2 Å². The number of benzene rings is 1. The molecule has 0 unspecified atom stereocenters. The maximum absolute atomic E-state index is 5.90. The van der Waals surface area contributed by atoms with Crippen LogP contribution in [0, 0.1) is 6.92 Å². The van der Waals surface area contributed by atoms with Crippen LogP contribution < -0.4 is 0 Å². The van der Waals surface area contributed by atoms with Gasteiger partial charge in [0.2, 0.25) is 5.89 Å². The van der Waals surface area contributed by atoms with Crippen LogP contribution in [0.2, 0.25) is 5.02 Å².